The van der Waals surface area contributed by atoms with Crippen LogP contribution in [0.1, 0.15) is 26.3 Å². The number of hydrogen-bond acceptors (Lipinski definition) is 5. The summed E-state index contributed by atoms with van der Waals surface area (Å²) in [6.07, 6.45) is 0.997. The van der Waals surface area contributed by atoms with Gasteiger partial charge in [-0.05, 0) is 56.7 Å². The molecule has 2 amide bonds. The van der Waals surface area contributed by atoms with Crippen molar-refractivity contribution in [2.45, 2.75) is 39.4 Å². The number of rotatable bonds is 10. The van der Waals surface area contributed by atoms with E-state index < -0.39 is 28.5 Å². The maximum absolute atomic E-state index is 13.4. The first-order chi connectivity index (χ1) is 15.8. The van der Waals surface area contributed by atoms with E-state index in [4.69, 9.17) is 27.9 Å². The molecule has 2 aromatic rings. The number of amides is 2. The fourth-order valence-corrected chi connectivity index (χ4v) is 4.42. The standard InChI is InChI=1S/C23H29Cl2N3O5S/c1-15(2)26-23(30)16(3)27(13-17-6-8-18(24)9-7-17)22(29)14-28(34(5,31)32)19-10-11-21(33-4)20(25)12-19/h6-12,15-16H,13-14H2,1-5H3,(H,26,30). The predicted molar refractivity (Wildman–Crippen MR) is 135 cm³/mol. The monoisotopic (exact) mass is 529 g/mol. The lowest BCUT2D eigenvalue weighted by atomic mass is 10.1. The Morgan fingerprint density at radius 3 is 2.18 bits per heavy atom. The molecule has 1 unspecified atom stereocenters. The van der Waals surface area contributed by atoms with E-state index in [0.29, 0.717) is 10.8 Å². The molecule has 0 saturated carbocycles. The number of nitrogens with zero attached hydrogens (tertiary/aromatic N) is 2. The van der Waals surface area contributed by atoms with Crippen molar-refractivity contribution in [1.82, 2.24) is 10.2 Å². The molecule has 0 aromatic heterocycles. The first kappa shape index (κ1) is 27.8. The van der Waals surface area contributed by atoms with Crippen molar-refractivity contribution in [2.75, 3.05) is 24.2 Å². The molecule has 1 N–H and O–H groups in total. The minimum atomic E-state index is -3.86. The Kier molecular flexibility index (Phi) is 9.61. The molecule has 1 atom stereocenters. The Balaban J connectivity index is 2.40. The lowest BCUT2D eigenvalue weighted by molar-refractivity contribution is -0.139. The van der Waals surface area contributed by atoms with Crippen molar-refractivity contribution < 1.29 is 22.7 Å². The quantitative estimate of drug-likeness (QED) is 0.506. The molecular weight excluding hydrogens is 501 g/mol. The largest absolute Gasteiger partial charge is 0.495 e. The smallest absolute Gasteiger partial charge is 0.244 e. The summed E-state index contributed by atoms with van der Waals surface area (Å²) in [4.78, 5) is 27.5. The second-order valence-electron chi connectivity index (χ2n) is 8.08. The van der Waals surface area contributed by atoms with Crippen LogP contribution in [-0.2, 0) is 26.2 Å². The molecule has 0 bridgehead atoms. The Hall–Kier alpha value is -2.49. The molecule has 0 aliphatic heterocycles. The van der Waals surface area contributed by atoms with Gasteiger partial charge in [0.2, 0.25) is 21.8 Å². The van der Waals surface area contributed by atoms with E-state index in [1.54, 1.807) is 31.2 Å². The number of ether oxygens (including phenoxy) is 1. The molecule has 0 spiro atoms. The third kappa shape index (κ3) is 7.51. The number of methoxy groups -OCH3 is 1. The maximum atomic E-state index is 13.4. The minimum absolute atomic E-state index is 0.0870. The van der Waals surface area contributed by atoms with Gasteiger partial charge in [-0.1, -0.05) is 35.3 Å². The van der Waals surface area contributed by atoms with Crippen LogP contribution in [0.25, 0.3) is 0 Å². The highest BCUT2D eigenvalue weighted by atomic mass is 35.5. The highest BCUT2D eigenvalue weighted by Crippen LogP contribution is 2.30. The van der Waals surface area contributed by atoms with E-state index in [1.165, 1.54) is 30.2 Å². The zero-order chi connectivity index (χ0) is 25.6. The predicted octanol–water partition coefficient (Wildman–Crippen LogP) is 3.71. The number of halogens is 2. The van der Waals surface area contributed by atoms with Crippen LogP contribution < -0.4 is 14.4 Å². The Morgan fingerprint density at radius 1 is 1.06 bits per heavy atom. The minimum Gasteiger partial charge on any atom is -0.495 e. The van der Waals surface area contributed by atoms with Crippen molar-refractivity contribution >= 4 is 50.7 Å². The molecular formula is C23H29Cl2N3O5S. The van der Waals surface area contributed by atoms with Crippen LogP contribution in [0.15, 0.2) is 42.5 Å². The van der Waals surface area contributed by atoms with Gasteiger partial charge < -0.3 is 15.0 Å². The number of carbonyl (C=O) groups is 2. The average Bonchev–Trinajstić information content (AvgIpc) is 2.75. The first-order valence-corrected chi connectivity index (χ1v) is 13.1. The van der Waals surface area contributed by atoms with Gasteiger partial charge in [0.1, 0.15) is 18.3 Å². The molecule has 0 saturated heterocycles. The van der Waals surface area contributed by atoms with Gasteiger partial charge in [0.15, 0.2) is 0 Å². The van der Waals surface area contributed by atoms with Crippen LogP contribution in [0.2, 0.25) is 10.0 Å². The van der Waals surface area contributed by atoms with Gasteiger partial charge >= 0.3 is 0 Å². The SMILES string of the molecule is COc1ccc(N(CC(=O)N(Cc2ccc(Cl)cc2)C(C)C(=O)NC(C)C)S(C)(=O)=O)cc1Cl. The first-order valence-electron chi connectivity index (χ1n) is 10.5. The molecule has 2 rings (SSSR count). The summed E-state index contributed by atoms with van der Waals surface area (Å²) in [5.41, 5.74) is 0.938. The van der Waals surface area contributed by atoms with E-state index in [1.807, 2.05) is 13.8 Å². The molecule has 34 heavy (non-hydrogen) atoms. The van der Waals surface area contributed by atoms with Crippen LogP contribution in [0.3, 0.4) is 0 Å². The molecule has 0 aliphatic rings. The van der Waals surface area contributed by atoms with E-state index in [2.05, 4.69) is 5.32 Å². The fourth-order valence-electron chi connectivity index (χ4n) is 3.20. The van der Waals surface area contributed by atoms with Crippen molar-refractivity contribution in [1.29, 1.82) is 0 Å². The van der Waals surface area contributed by atoms with Crippen LogP contribution in [0, 0.1) is 0 Å². The van der Waals surface area contributed by atoms with Gasteiger partial charge in [-0.25, -0.2) is 8.42 Å². The maximum Gasteiger partial charge on any atom is 0.244 e. The topological polar surface area (TPSA) is 96.0 Å². The third-order valence-electron chi connectivity index (χ3n) is 4.97. The van der Waals surface area contributed by atoms with E-state index in [9.17, 15) is 18.0 Å². The summed E-state index contributed by atoms with van der Waals surface area (Å²) in [5.74, 6) is -0.539. The summed E-state index contributed by atoms with van der Waals surface area (Å²) in [7, 11) is -2.42. The van der Waals surface area contributed by atoms with Crippen LogP contribution in [-0.4, -0.2) is 57.1 Å². The second-order valence-corrected chi connectivity index (χ2v) is 10.8. The van der Waals surface area contributed by atoms with Gasteiger partial charge in [-0.15, -0.1) is 0 Å². The van der Waals surface area contributed by atoms with Gasteiger partial charge in [0, 0.05) is 17.6 Å². The summed E-state index contributed by atoms with van der Waals surface area (Å²) >= 11 is 12.1. The molecule has 0 radical (unpaired) electrons. The zero-order valence-electron chi connectivity index (χ0n) is 19.7. The summed E-state index contributed by atoms with van der Waals surface area (Å²) in [6, 6.07) is 10.3. The van der Waals surface area contributed by atoms with Gasteiger partial charge in [0.25, 0.3) is 0 Å². The lowest BCUT2D eigenvalue weighted by Crippen LogP contribution is -2.52. The van der Waals surface area contributed by atoms with E-state index in [-0.39, 0.29) is 29.2 Å². The summed E-state index contributed by atoms with van der Waals surface area (Å²) < 4.78 is 31.2. The van der Waals surface area contributed by atoms with E-state index in [0.717, 1.165) is 16.1 Å². The number of nitrogens with one attached hydrogen (secondary N) is 1. The molecule has 8 nitrogen and oxygen atoms in total. The number of benzene rings is 2. The highest BCUT2D eigenvalue weighted by molar-refractivity contribution is 7.92. The fraction of sp³-hybridized carbons (Fsp3) is 0.391. The molecule has 0 fully saturated rings. The second kappa shape index (κ2) is 11.8. The number of carbonyl (C=O) groups excluding carboxylic acids is 2. The van der Waals surface area contributed by atoms with E-state index >= 15 is 0 Å². The van der Waals surface area contributed by atoms with Gasteiger partial charge in [-0.3, -0.25) is 13.9 Å². The Bertz CT molecular complexity index is 1120. The Labute approximate surface area is 210 Å². The highest BCUT2D eigenvalue weighted by Gasteiger charge is 2.30. The molecule has 0 aliphatic carbocycles. The van der Waals surface area contributed by atoms with Crippen LogP contribution >= 0.6 is 23.2 Å². The van der Waals surface area contributed by atoms with Crippen molar-refractivity contribution in [3.63, 3.8) is 0 Å². The molecule has 11 heteroatoms. The third-order valence-corrected chi connectivity index (χ3v) is 6.65. The van der Waals surface area contributed by atoms with Gasteiger partial charge in [-0.2, -0.15) is 0 Å². The van der Waals surface area contributed by atoms with Crippen LogP contribution in [0.4, 0.5) is 5.69 Å². The van der Waals surface area contributed by atoms with Crippen LogP contribution in [0.5, 0.6) is 5.75 Å². The normalized spacial score (nSPS) is 12.2. The number of anilines is 1. The van der Waals surface area contributed by atoms with Crippen molar-refractivity contribution in [3.05, 3.63) is 58.1 Å². The van der Waals surface area contributed by atoms with Gasteiger partial charge in [0.05, 0.1) is 24.1 Å². The molecule has 186 valence electrons. The number of hydrogen-bond donors (Lipinski definition) is 1. The molecule has 0 heterocycles. The van der Waals surface area contributed by atoms with Crippen molar-refractivity contribution in [3.8, 4) is 5.75 Å². The summed E-state index contributed by atoms with van der Waals surface area (Å²) in [5, 5.41) is 3.52. The summed E-state index contributed by atoms with van der Waals surface area (Å²) in [6.45, 7) is 4.79. The lowest BCUT2D eigenvalue weighted by Gasteiger charge is -2.32. The molecule has 2 aromatic carbocycles. The van der Waals surface area contributed by atoms with Crippen molar-refractivity contribution in [2.24, 2.45) is 0 Å². The zero-order valence-corrected chi connectivity index (χ0v) is 22.0. The Morgan fingerprint density at radius 2 is 1.68 bits per heavy atom. The average molecular weight is 530 g/mol. The number of sulfonamides is 1.